The Morgan fingerprint density at radius 3 is 2.47 bits per heavy atom. The zero-order valence-electron chi connectivity index (χ0n) is 20.3. The minimum Gasteiger partial charge on any atom is -0.426 e. The van der Waals surface area contributed by atoms with Crippen LogP contribution < -0.4 is 14.5 Å². The molecular weight excluding hydrogens is 514 g/mol. The summed E-state index contributed by atoms with van der Waals surface area (Å²) in [5.41, 5.74) is 1.27. The van der Waals surface area contributed by atoms with Gasteiger partial charge in [0.15, 0.2) is 0 Å². The molecule has 1 atom stereocenters. The fourth-order valence-corrected chi connectivity index (χ4v) is 4.94. The Kier molecular flexibility index (Phi) is 6.20. The van der Waals surface area contributed by atoms with Crippen molar-refractivity contribution >= 4 is 52.4 Å². The molecule has 0 saturated carbocycles. The molecule has 0 unspecified atom stereocenters. The number of aryl methyl sites for hydroxylation is 1. The number of rotatable bonds is 5. The van der Waals surface area contributed by atoms with Crippen molar-refractivity contribution in [1.82, 2.24) is 0 Å². The second kappa shape index (κ2) is 9.38. The molecule has 0 bridgehead atoms. The van der Waals surface area contributed by atoms with Gasteiger partial charge in [0.1, 0.15) is 11.3 Å². The van der Waals surface area contributed by atoms with E-state index in [1.807, 2.05) is 0 Å². The zero-order chi connectivity index (χ0) is 27.3. The largest absolute Gasteiger partial charge is 0.426 e. The summed E-state index contributed by atoms with van der Waals surface area (Å²) in [6, 6.07) is 13.5. The van der Waals surface area contributed by atoms with E-state index in [2.05, 4.69) is 0 Å². The molecule has 2 aliphatic heterocycles. The van der Waals surface area contributed by atoms with Crippen LogP contribution in [0.3, 0.4) is 0 Å². The number of hydrogen-bond donors (Lipinski definition) is 0. The third-order valence-electron chi connectivity index (χ3n) is 6.71. The summed E-state index contributed by atoms with van der Waals surface area (Å²) >= 11 is 6.18. The molecule has 0 radical (unpaired) electrons. The lowest BCUT2D eigenvalue weighted by Crippen LogP contribution is -2.30. The average Bonchev–Trinajstić information content (AvgIpc) is 3.38. The lowest BCUT2D eigenvalue weighted by Gasteiger charge is -2.20. The van der Waals surface area contributed by atoms with E-state index in [1.54, 1.807) is 32.0 Å². The molecule has 3 amide bonds. The van der Waals surface area contributed by atoms with Crippen LogP contribution in [0.1, 0.15) is 38.3 Å². The van der Waals surface area contributed by atoms with Crippen molar-refractivity contribution in [2.45, 2.75) is 20.3 Å². The summed E-state index contributed by atoms with van der Waals surface area (Å²) in [6.07, 6.45) is -0.0182. The molecule has 0 aliphatic carbocycles. The number of imide groups is 1. The van der Waals surface area contributed by atoms with Gasteiger partial charge < -0.3 is 9.64 Å². The first kappa shape index (κ1) is 25.1. The van der Waals surface area contributed by atoms with E-state index in [9.17, 15) is 29.3 Å². The molecule has 2 aliphatic rings. The van der Waals surface area contributed by atoms with Crippen LogP contribution in [0.25, 0.3) is 0 Å². The highest BCUT2D eigenvalue weighted by molar-refractivity contribution is 6.36. The van der Waals surface area contributed by atoms with Crippen LogP contribution in [-0.2, 0) is 9.59 Å². The summed E-state index contributed by atoms with van der Waals surface area (Å²) < 4.78 is 5.53. The number of halogens is 1. The van der Waals surface area contributed by atoms with E-state index >= 15 is 0 Å². The van der Waals surface area contributed by atoms with Crippen molar-refractivity contribution in [1.29, 1.82) is 0 Å². The van der Waals surface area contributed by atoms with Gasteiger partial charge in [0.05, 0.1) is 22.1 Å². The number of anilines is 2. The first-order chi connectivity index (χ1) is 18.1. The number of nitro benzene ring substituents is 1. The fourth-order valence-electron chi connectivity index (χ4n) is 4.77. The maximum absolute atomic E-state index is 13.0. The minimum atomic E-state index is -0.800. The van der Waals surface area contributed by atoms with Gasteiger partial charge in [0.25, 0.3) is 17.5 Å². The van der Waals surface area contributed by atoms with E-state index in [1.165, 1.54) is 41.3 Å². The van der Waals surface area contributed by atoms with Crippen molar-refractivity contribution in [3.8, 4) is 5.75 Å². The highest BCUT2D eigenvalue weighted by atomic mass is 35.5. The van der Waals surface area contributed by atoms with Gasteiger partial charge in [0.2, 0.25) is 5.91 Å². The van der Waals surface area contributed by atoms with Crippen molar-refractivity contribution in [3.05, 3.63) is 92.0 Å². The Morgan fingerprint density at radius 2 is 1.76 bits per heavy atom. The van der Waals surface area contributed by atoms with E-state index < -0.39 is 34.3 Å². The van der Waals surface area contributed by atoms with Gasteiger partial charge >= 0.3 is 5.97 Å². The Labute approximate surface area is 221 Å². The van der Waals surface area contributed by atoms with Crippen LogP contribution in [-0.4, -0.2) is 35.2 Å². The number of ether oxygens (including phenoxy) is 1. The van der Waals surface area contributed by atoms with Gasteiger partial charge in [-0.05, 0) is 61.4 Å². The van der Waals surface area contributed by atoms with Crippen molar-refractivity contribution in [2.75, 3.05) is 16.3 Å². The first-order valence-corrected chi connectivity index (χ1v) is 12.0. The number of nitro groups is 1. The zero-order valence-corrected chi connectivity index (χ0v) is 21.0. The van der Waals surface area contributed by atoms with E-state index in [4.69, 9.17) is 16.3 Å². The molecule has 2 heterocycles. The number of fused-ring (bicyclic) bond motifs is 1. The maximum atomic E-state index is 13.0. The van der Waals surface area contributed by atoms with Gasteiger partial charge in [-0.25, -0.2) is 4.90 Å². The Morgan fingerprint density at radius 1 is 1.03 bits per heavy atom. The second-order valence-corrected chi connectivity index (χ2v) is 9.47. The van der Waals surface area contributed by atoms with Gasteiger partial charge in [0, 0.05) is 29.7 Å². The van der Waals surface area contributed by atoms with Gasteiger partial charge in [-0.3, -0.25) is 29.3 Å². The molecule has 3 aromatic carbocycles. The highest BCUT2D eigenvalue weighted by Gasteiger charge is 2.42. The summed E-state index contributed by atoms with van der Waals surface area (Å²) in [4.78, 5) is 64.6. The SMILES string of the molecule is Cc1cc(OC(=O)[C@@H]2CC(=O)N(c3cccc(Cl)c3C)C2)ccc1N1C(=O)c2cccc([N+](=O)[O-])c2C1=O. The number of esters is 1. The number of hydrogen-bond acceptors (Lipinski definition) is 7. The molecular formula is C27H20ClN3O7. The van der Waals surface area contributed by atoms with Crippen LogP contribution >= 0.6 is 11.6 Å². The molecule has 3 aromatic rings. The highest BCUT2D eigenvalue weighted by Crippen LogP contribution is 2.37. The minimum absolute atomic E-state index is 0.0182. The number of carbonyl (C=O) groups is 4. The molecule has 38 heavy (non-hydrogen) atoms. The average molecular weight is 534 g/mol. The Hall–Kier alpha value is -4.57. The summed E-state index contributed by atoms with van der Waals surface area (Å²) in [6.45, 7) is 3.56. The van der Waals surface area contributed by atoms with Crippen LogP contribution in [0, 0.1) is 29.9 Å². The lowest BCUT2D eigenvalue weighted by atomic mass is 10.1. The van der Waals surface area contributed by atoms with Crippen molar-refractivity contribution in [3.63, 3.8) is 0 Å². The standard InChI is InChI=1S/C27H20ClN3O7/c1-14-11-17(38-27(35)16-12-23(32)29(13-16)21-7-4-6-19(28)15(21)2)9-10-20(14)30-25(33)18-5-3-8-22(31(36)37)24(18)26(30)34/h3-11,16H,12-13H2,1-2H3/t16-/m1/s1. The predicted octanol–water partition coefficient (Wildman–Crippen LogP) is 4.62. The number of amides is 3. The number of carbonyl (C=O) groups excluding carboxylic acids is 4. The molecule has 0 N–H and O–H groups in total. The first-order valence-electron chi connectivity index (χ1n) is 11.6. The lowest BCUT2D eigenvalue weighted by molar-refractivity contribution is -0.385. The van der Waals surface area contributed by atoms with Gasteiger partial charge in [-0.1, -0.05) is 23.7 Å². The van der Waals surface area contributed by atoms with Crippen LogP contribution in [0.2, 0.25) is 5.02 Å². The Balaban J connectivity index is 1.33. The molecule has 1 saturated heterocycles. The quantitative estimate of drug-likeness (QED) is 0.154. The smallest absolute Gasteiger partial charge is 0.316 e. The van der Waals surface area contributed by atoms with Crippen LogP contribution in [0.4, 0.5) is 17.1 Å². The predicted molar refractivity (Wildman–Crippen MR) is 138 cm³/mol. The van der Waals surface area contributed by atoms with Crippen LogP contribution in [0.5, 0.6) is 5.75 Å². The summed E-state index contributed by atoms with van der Waals surface area (Å²) in [5, 5.41) is 11.9. The summed E-state index contributed by atoms with van der Waals surface area (Å²) in [7, 11) is 0. The number of nitrogens with zero attached hydrogens (tertiary/aromatic N) is 3. The molecule has 5 rings (SSSR count). The third kappa shape index (κ3) is 4.08. The van der Waals surface area contributed by atoms with Crippen molar-refractivity contribution in [2.24, 2.45) is 5.92 Å². The van der Waals surface area contributed by atoms with Crippen molar-refractivity contribution < 1.29 is 28.8 Å². The molecule has 10 nitrogen and oxygen atoms in total. The van der Waals surface area contributed by atoms with E-state index in [0.29, 0.717) is 16.3 Å². The molecule has 0 aromatic heterocycles. The third-order valence-corrected chi connectivity index (χ3v) is 7.11. The molecule has 1 fully saturated rings. The van der Waals surface area contributed by atoms with E-state index in [-0.39, 0.29) is 41.4 Å². The normalized spacial score (nSPS) is 16.7. The molecule has 192 valence electrons. The Bertz CT molecular complexity index is 1570. The topological polar surface area (TPSA) is 127 Å². The van der Waals surface area contributed by atoms with Gasteiger partial charge in [-0.15, -0.1) is 0 Å². The second-order valence-electron chi connectivity index (χ2n) is 9.06. The van der Waals surface area contributed by atoms with Crippen LogP contribution in [0.15, 0.2) is 54.6 Å². The molecule has 0 spiro atoms. The number of benzene rings is 3. The fraction of sp³-hybridized carbons (Fsp3) is 0.185. The monoisotopic (exact) mass is 533 g/mol. The summed E-state index contributed by atoms with van der Waals surface area (Å²) in [5.74, 6) is -2.82. The van der Waals surface area contributed by atoms with E-state index in [0.717, 1.165) is 10.5 Å². The molecule has 11 heteroatoms. The van der Waals surface area contributed by atoms with Gasteiger partial charge in [-0.2, -0.15) is 0 Å². The maximum Gasteiger partial charge on any atom is 0.316 e.